The largest absolute Gasteiger partial charge is 0.624 e. The van der Waals surface area contributed by atoms with Crippen LogP contribution in [0.5, 0.6) is 0 Å². The fourth-order valence-corrected chi connectivity index (χ4v) is 13.0. The molecule has 0 amide bonds. The number of aliphatic hydroxyl groups is 1. The van der Waals surface area contributed by atoms with Crippen molar-refractivity contribution in [2.45, 2.75) is 136 Å². The predicted octanol–water partition coefficient (Wildman–Crippen LogP) is 5.82. The molecule has 8 bridgehead atoms. The molecule has 6 fully saturated rings. The van der Waals surface area contributed by atoms with Crippen molar-refractivity contribution in [2.24, 2.45) is 51.2 Å². The van der Waals surface area contributed by atoms with Gasteiger partial charge in [-0.3, -0.25) is 4.79 Å². The number of carbonyl (C=O) groups is 1. The fraction of sp³-hybridized carbons (Fsp3) is 0.938. The number of aliphatic hydroxyl groups excluding tert-OH is 1. The van der Waals surface area contributed by atoms with E-state index in [0.717, 1.165) is 32.1 Å². The van der Waals surface area contributed by atoms with Crippen molar-refractivity contribution in [3.63, 3.8) is 0 Å². The van der Waals surface area contributed by atoms with Gasteiger partial charge in [0.25, 0.3) is 0 Å². The molecule has 5 aliphatic carbocycles. The highest BCUT2D eigenvalue weighted by Gasteiger charge is 2.83. The second-order valence-electron chi connectivity index (χ2n) is 15.6. The van der Waals surface area contributed by atoms with Gasteiger partial charge in [-0.05, 0) is 88.4 Å². The lowest BCUT2D eigenvalue weighted by atomic mass is 9.35. The Kier molecular flexibility index (Phi) is 5.28. The molecule has 12 atom stereocenters. The van der Waals surface area contributed by atoms with Gasteiger partial charge in [0.05, 0.1) is 16.4 Å². The van der Waals surface area contributed by atoms with Crippen molar-refractivity contribution in [1.29, 1.82) is 0 Å². The summed E-state index contributed by atoms with van der Waals surface area (Å²) in [6.45, 7) is 12.9. The number of nitrogens with zero attached hydrogens (tertiary/aromatic N) is 1. The first-order valence-corrected chi connectivity index (χ1v) is 15.7. The quantitative estimate of drug-likeness (QED) is 0.277. The molecule has 212 valence electrons. The third-order valence-corrected chi connectivity index (χ3v) is 14.4. The highest BCUT2D eigenvalue weighted by atomic mass is 16.6. The highest BCUT2D eigenvalue weighted by molar-refractivity contribution is 5.92. The van der Waals surface area contributed by atoms with Crippen LogP contribution >= 0.6 is 0 Å². The topological polar surface area (TPSA) is 81.8 Å². The van der Waals surface area contributed by atoms with Crippen LogP contribution in [-0.2, 0) is 14.3 Å². The molecule has 38 heavy (non-hydrogen) atoms. The van der Waals surface area contributed by atoms with E-state index in [1.807, 2.05) is 0 Å². The minimum atomic E-state index is -0.944. The average Bonchev–Trinajstić information content (AvgIpc) is 3.47. The van der Waals surface area contributed by atoms with Crippen LogP contribution in [0.25, 0.3) is 0 Å². The molecule has 2 unspecified atom stereocenters. The number of carbonyl (C=O) groups excluding carboxylic acids is 1. The van der Waals surface area contributed by atoms with Crippen LogP contribution < -0.4 is 0 Å². The zero-order chi connectivity index (χ0) is 27.0. The van der Waals surface area contributed by atoms with E-state index in [-0.39, 0.29) is 40.3 Å². The molecule has 0 aromatic carbocycles. The summed E-state index contributed by atoms with van der Waals surface area (Å²) in [6.07, 6.45) is 10.7. The minimum absolute atomic E-state index is 0.0696. The van der Waals surface area contributed by atoms with Crippen LogP contribution in [0.3, 0.4) is 0 Å². The summed E-state index contributed by atoms with van der Waals surface area (Å²) in [4.78, 5) is 12.1. The van der Waals surface area contributed by atoms with Crippen LogP contribution in [0.4, 0.5) is 0 Å². The zero-order valence-corrected chi connectivity index (χ0v) is 24.4. The summed E-state index contributed by atoms with van der Waals surface area (Å²) in [6, 6.07) is 0.192. The van der Waals surface area contributed by atoms with Crippen LogP contribution in [0.1, 0.15) is 112 Å². The van der Waals surface area contributed by atoms with Gasteiger partial charge in [-0.15, -0.1) is 0 Å². The Morgan fingerprint density at radius 1 is 1.13 bits per heavy atom. The number of esters is 1. The highest BCUT2D eigenvalue weighted by Crippen LogP contribution is 2.80. The molecular formula is C32H49NO5. The van der Waals surface area contributed by atoms with Gasteiger partial charge in [-0.2, -0.15) is 0 Å². The first-order valence-electron chi connectivity index (χ1n) is 15.7. The Bertz CT molecular complexity index is 1090. The van der Waals surface area contributed by atoms with Crippen molar-refractivity contribution < 1.29 is 24.1 Å². The maximum atomic E-state index is 14.6. The second kappa shape index (κ2) is 7.78. The molecule has 0 aromatic rings. The Labute approximate surface area is 228 Å². The summed E-state index contributed by atoms with van der Waals surface area (Å²) in [5.74, 6) is 1.72. The van der Waals surface area contributed by atoms with Gasteiger partial charge in [-0.25, -0.2) is 4.74 Å². The van der Waals surface area contributed by atoms with Crippen molar-refractivity contribution in [3.05, 3.63) is 5.21 Å². The summed E-state index contributed by atoms with van der Waals surface area (Å²) < 4.78 is 13.8. The van der Waals surface area contributed by atoms with Crippen molar-refractivity contribution >= 4 is 11.7 Å². The molecular weight excluding hydrogens is 478 g/mol. The maximum absolute atomic E-state index is 14.6. The predicted molar refractivity (Wildman–Crippen MR) is 144 cm³/mol. The van der Waals surface area contributed by atoms with E-state index < -0.39 is 17.3 Å². The Morgan fingerprint density at radius 3 is 2.61 bits per heavy atom. The minimum Gasteiger partial charge on any atom is -0.624 e. The molecule has 5 saturated carbocycles. The maximum Gasteiger partial charge on any atom is 0.302 e. The number of fused-ring (bicyclic) bond motifs is 2. The van der Waals surface area contributed by atoms with Crippen LogP contribution in [0.15, 0.2) is 0 Å². The second-order valence-corrected chi connectivity index (χ2v) is 15.6. The SMILES string of the molecule is CC(=O)O[C@H]1CC[C@]2(C)O[C@@H](O)[C@@]1(C)C2CC[C@@]12C3=[N+]([O-])C4[C@@H](CC[C@@]45CCC[C@H]51)[C@]2(C)CC[C@@H]3C(C)C. The smallest absolute Gasteiger partial charge is 0.302 e. The number of hydrogen-bond acceptors (Lipinski definition) is 5. The lowest BCUT2D eigenvalue weighted by molar-refractivity contribution is -0.572. The van der Waals surface area contributed by atoms with Gasteiger partial charge in [0.15, 0.2) is 18.0 Å². The van der Waals surface area contributed by atoms with Crippen molar-refractivity contribution in [2.75, 3.05) is 0 Å². The van der Waals surface area contributed by atoms with Gasteiger partial charge < -0.3 is 19.8 Å². The number of ether oxygens (including phenoxy) is 2. The number of hydroxylamine groups is 1. The van der Waals surface area contributed by atoms with Gasteiger partial charge >= 0.3 is 5.97 Å². The van der Waals surface area contributed by atoms with Gasteiger partial charge in [0.1, 0.15) is 6.10 Å². The Morgan fingerprint density at radius 2 is 1.89 bits per heavy atom. The van der Waals surface area contributed by atoms with Gasteiger partial charge in [0.2, 0.25) is 0 Å². The normalized spacial score (nSPS) is 56.1. The third-order valence-electron chi connectivity index (χ3n) is 14.4. The van der Waals surface area contributed by atoms with Crippen molar-refractivity contribution in [1.82, 2.24) is 0 Å². The van der Waals surface area contributed by atoms with Crippen LogP contribution in [0, 0.1) is 56.5 Å². The number of rotatable bonds is 5. The molecule has 6 nitrogen and oxygen atoms in total. The molecule has 6 heteroatoms. The summed E-state index contributed by atoms with van der Waals surface area (Å²) in [5, 5.41) is 25.8. The molecule has 1 saturated heterocycles. The molecule has 1 spiro atoms. The van der Waals surface area contributed by atoms with E-state index in [1.54, 1.807) is 4.74 Å². The first kappa shape index (κ1) is 25.8. The first-order chi connectivity index (χ1) is 17.9. The van der Waals surface area contributed by atoms with E-state index in [4.69, 9.17) is 9.47 Å². The fourth-order valence-electron chi connectivity index (χ4n) is 13.0. The van der Waals surface area contributed by atoms with E-state index in [2.05, 4.69) is 34.6 Å². The zero-order valence-electron chi connectivity index (χ0n) is 24.4. The Balaban J connectivity index is 1.34. The standard InChI is InChI=1S/C32H49NO5/c1-18(2)20-9-14-28(4)21-10-16-31-13-7-8-23(31)32(28,25(20)33(36)26(21)31)17-11-22-29(5)15-12-24(37-19(3)34)30(22,6)27(35)38-29/h18,20-24,26-27,35H,7-17H2,1-6H3/t20-,21-,22?,23-,24+,26?,27-,28+,29+,30+,31-,32+/m1/s1. The lowest BCUT2D eigenvalue weighted by Crippen LogP contribution is -2.75. The van der Waals surface area contributed by atoms with Gasteiger partial charge in [-0.1, -0.05) is 34.1 Å². The van der Waals surface area contributed by atoms with E-state index in [0.29, 0.717) is 23.7 Å². The van der Waals surface area contributed by atoms with Gasteiger partial charge in [0, 0.05) is 30.1 Å². The number of hydrogen-bond donors (Lipinski definition) is 1. The molecule has 0 radical (unpaired) electrons. The molecule has 1 N–H and O–H groups in total. The molecule has 8 rings (SSSR count). The van der Waals surface area contributed by atoms with Crippen LogP contribution in [0.2, 0.25) is 0 Å². The molecule has 3 aliphatic heterocycles. The summed E-state index contributed by atoms with van der Waals surface area (Å²) in [7, 11) is 0. The molecule has 3 heterocycles. The Hall–Kier alpha value is -1.14. The molecule has 8 aliphatic rings. The van der Waals surface area contributed by atoms with Crippen LogP contribution in [-0.4, -0.2) is 45.6 Å². The van der Waals surface area contributed by atoms with Crippen molar-refractivity contribution in [3.8, 4) is 0 Å². The van der Waals surface area contributed by atoms with E-state index >= 15 is 0 Å². The monoisotopic (exact) mass is 527 g/mol. The summed E-state index contributed by atoms with van der Waals surface area (Å²) >= 11 is 0. The summed E-state index contributed by atoms with van der Waals surface area (Å²) in [5.41, 5.74) is 0.489. The molecule has 0 aromatic heterocycles. The third kappa shape index (κ3) is 2.69. The lowest BCUT2D eigenvalue weighted by Gasteiger charge is -2.69. The van der Waals surface area contributed by atoms with E-state index in [9.17, 15) is 15.1 Å². The average molecular weight is 528 g/mol. The van der Waals surface area contributed by atoms with E-state index in [1.165, 1.54) is 51.2 Å².